The Morgan fingerprint density at radius 2 is 2.00 bits per heavy atom. The molecule has 2 saturated heterocycles. The van der Waals surface area contributed by atoms with E-state index in [4.69, 9.17) is 0 Å². The van der Waals surface area contributed by atoms with Crippen LogP contribution in [0.15, 0.2) is 42.5 Å². The molecule has 4 rings (SSSR count). The van der Waals surface area contributed by atoms with Crippen molar-refractivity contribution in [2.45, 2.75) is 18.9 Å². The highest BCUT2D eigenvalue weighted by atomic mass is 16.2. The van der Waals surface area contributed by atoms with Gasteiger partial charge in [-0.25, -0.2) is 4.79 Å². The number of hydrogen-bond donors (Lipinski definition) is 2. The minimum atomic E-state index is 0.0438. The van der Waals surface area contributed by atoms with E-state index in [1.54, 1.807) is 4.90 Å². The molecule has 2 unspecified atom stereocenters. The standard InChI is InChI=1S/C18H21N3O/c22-18(21-12-11-20-10-4-7-15(20)13-21)19-17-9-3-6-14-5-1-2-8-16(14)17/h1-3,5-6,8-9,15H,4,7,10-13H2,(H,19,22)/p+1. The number of nitrogens with zero attached hydrogens (tertiary/aromatic N) is 1. The Kier molecular flexibility index (Phi) is 3.47. The normalized spacial score (nSPS) is 24.3. The predicted molar refractivity (Wildman–Crippen MR) is 88.3 cm³/mol. The van der Waals surface area contributed by atoms with Crippen LogP contribution in [0.3, 0.4) is 0 Å². The van der Waals surface area contributed by atoms with Crippen LogP contribution in [0, 0.1) is 0 Å². The van der Waals surface area contributed by atoms with E-state index in [0.717, 1.165) is 36.1 Å². The summed E-state index contributed by atoms with van der Waals surface area (Å²) in [6.07, 6.45) is 2.56. The number of amides is 2. The third-order valence-corrected chi connectivity index (χ3v) is 5.09. The third kappa shape index (κ3) is 2.44. The molecule has 2 fully saturated rings. The zero-order chi connectivity index (χ0) is 14.9. The summed E-state index contributed by atoms with van der Waals surface area (Å²) in [5, 5.41) is 5.37. The van der Waals surface area contributed by atoms with Crippen molar-refractivity contribution in [3.05, 3.63) is 42.5 Å². The van der Waals surface area contributed by atoms with Gasteiger partial charge in [0.15, 0.2) is 0 Å². The molecule has 4 heteroatoms. The molecule has 2 aliphatic rings. The number of hydrogen-bond acceptors (Lipinski definition) is 1. The zero-order valence-corrected chi connectivity index (χ0v) is 12.7. The van der Waals surface area contributed by atoms with Gasteiger partial charge in [-0.3, -0.25) is 0 Å². The predicted octanol–water partition coefficient (Wildman–Crippen LogP) is 1.73. The van der Waals surface area contributed by atoms with Crippen LogP contribution in [0.1, 0.15) is 12.8 Å². The van der Waals surface area contributed by atoms with Crippen molar-refractivity contribution in [1.82, 2.24) is 4.90 Å². The number of rotatable bonds is 1. The van der Waals surface area contributed by atoms with E-state index in [9.17, 15) is 4.79 Å². The van der Waals surface area contributed by atoms with Crippen molar-refractivity contribution in [3.63, 3.8) is 0 Å². The Balaban J connectivity index is 1.51. The van der Waals surface area contributed by atoms with Gasteiger partial charge in [-0.1, -0.05) is 36.4 Å². The van der Waals surface area contributed by atoms with Crippen LogP contribution in [0.4, 0.5) is 10.5 Å². The lowest BCUT2D eigenvalue weighted by Gasteiger charge is -2.34. The van der Waals surface area contributed by atoms with Crippen LogP contribution in [-0.4, -0.2) is 43.2 Å². The maximum atomic E-state index is 12.6. The summed E-state index contributed by atoms with van der Waals surface area (Å²) in [4.78, 5) is 16.3. The summed E-state index contributed by atoms with van der Waals surface area (Å²) in [6.45, 7) is 4.13. The van der Waals surface area contributed by atoms with E-state index >= 15 is 0 Å². The Labute approximate surface area is 130 Å². The lowest BCUT2D eigenvalue weighted by atomic mass is 10.1. The minimum absolute atomic E-state index is 0.0438. The van der Waals surface area contributed by atoms with Gasteiger partial charge in [-0.15, -0.1) is 0 Å². The number of fused-ring (bicyclic) bond motifs is 2. The number of carbonyl (C=O) groups is 1. The summed E-state index contributed by atoms with van der Waals surface area (Å²) in [6, 6.07) is 14.9. The molecule has 2 heterocycles. The molecule has 0 aliphatic carbocycles. The van der Waals surface area contributed by atoms with Gasteiger partial charge in [-0.05, 0) is 11.5 Å². The van der Waals surface area contributed by atoms with Gasteiger partial charge < -0.3 is 15.1 Å². The largest absolute Gasteiger partial charge is 0.330 e. The van der Waals surface area contributed by atoms with Gasteiger partial charge in [0.1, 0.15) is 6.04 Å². The van der Waals surface area contributed by atoms with E-state index in [0.29, 0.717) is 6.04 Å². The van der Waals surface area contributed by atoms with Crippen molar-refractivity contribution in [2.24, 2.45) is 0 Å². The maximum Gasteiger partial charge on any atom is 0.322 e. The molecule has 0 radical (unpaired) electrons. The molecule has 2 aromatic rings. The van der Waals surface area contributed by atoms with E-state index < -0.39 is 0 Å². The number of nitrogens with one attached hydrogen (secondary N) is 2. The topological polar surface area (TPSA) is 36.8 Å². The molecule has 2 aromatic carbocycles. The summed E-state index contributed by atoms with van der Waals surface area (Å²) in [7, 11) is 0. The molecule has 0 aromatic heterocycles. The van der Waals surface area contributed by atoms with Crippen LogP contribution in [0.25, 0.3) is 10.8 Å². The van der Waals surface area contributed by atoms with Crippen LogP contribution in [0.5, 0.6) is 0 Å². The van der Waals surface area contributed by atoms with Gasteiger partial charge in [0.2, 0.25) is 0 Å². The van der Waals surface area contributed by atoms with E-state index in [2.05, 4.69) is 23.5 Å². The number of piperazine rings is 1. The van der Waals surface area contributed by atoms with E-state index in [1.165, 1.54) is 19.4 Å². The Bertz CT molecular complexity index is 694. The second-order valence-electron chi connectivity index (χ2n) is 6.40. The van der Waals surface area contributed by atoms with Gasteiger partial charge >= 0.3 is 6.03 Å². The number of anilines is 1. The van der Waals surface area contributed by atoms with Crippen molar-refractivity contribution < 1.29 is 9.69 Å². The number of carbonyl (C=O) groups excluding carboxylic acids is 1. The fourth-order valence-electron chi connectivity index (χ4n) is 3.88. The molecule has 0 saturated carbocycles. The van der Waals surface area contributed by atoms with E-state index in [1.807, 2.05) is 29.2 Å². The average molecular weight is 296 g/mol. The lowest BCUT2D eigenvalue weighted by Crippen LogP contribution is -3.16. The molecule has 2 amide bonds. The summed E-state index contributed by atoms with van der Waals surface area (Å²) >= 11 is 0. The van der Waals surface area contributed by atoms with Crippen LogP contribution >= 0.6 is 0 Å². The first-order valence-electron chi connectivity index (χ1n) is 8.19. The molecule has 2 N–H and O–H groups in total. The minimum Gasteiger partial charge on any atom is -0.330 e. The first-order valence-corrected chi connectivity index (χ1v) is 8.19. The molecular weight excluding hydrogens is 274 g/mol. The third-order valence-electron chi connectivity index (χ3n) is 5.09. The quantitative estimate of drug-likeness (QED) is 0.826. The molecule has 4 nitrogen and oxygen atoms in total. The molecule has 2 aliphatic heterocycles. The highest BCUT2D eigenvalue weighted by molar-refractivity contribution is 6.01. The zero-order valence-electron chi connectivity index (χ0n) is 12.7. The van der Waals surface area contributed by atoms with Crippen molar-refractivity contribution in [3.8, 4) is 0 Å². The Morgan fingerprint density at radius 3 is 2.95 bits per heavy atom. The van der Waals surface area contributed by atoms with Crippen molar-refractivity contribution in [2.75, 3.05) is 31.5 Å². The smallest absolute Gasteiger partial charge is 0.322 e. The van der Waals surface area contributed by atoms with Crippen molar-refractivity contribution in [1.29, 1.82) is 0 Å². The average Bonchev–Trinajstić information content (AvgIpc) is 3.02. The summed E-state index contributed by atoms with van der Waals surface area (Å²) < 4.78 is 0. The molecule has 114 valence electrons. The Morgan fingerprint density at radius 1 is 1.14 bits per heavy atom. The fourth-order valence-corrected chi connectivity index (χ4v) is 3.88. The molecule has 22 heavy (non-hydrogen) atoms. The van der Waals surface area contributed by atoms with Gasteiger partial charge in [-0.2, -0.15) is 0 Å². The number of benzene rings is 2. The monoisotopic (exact) mass is 296 g/mol. The van der Waals surface area contributed by atoms with E-state index in [-0.39, 0.29) is 6.03 Å². The highest BCUT2D eigenvalue weighted by Crippen LogP contribution is 2.23. The first kappa shape index (κ1) is 13.6. The number of quaternary nitrogens is 1. The van der Waals surface area contributed by atoms with Crippen LogP contribution < -0.4 is 10.2 Å². The van der Waals surface area contributed by atoms with Gasteiger partial charge in [0.25, 0.3) is 0 Å². The SMILES string of the molecule is O=C(Nc1cccc2ccccc12)N1CC[NH+]2CCCC2C1. The van der Waals surface area contributed by atoms with Gasteiger partial charge in [0, 0.05) is 18.2 Å². The summed E-state index contributed by atoms with van der Waals surface area (Å²) in [5.74, 6) is 0. The highest BCUT2D eigenvalue weighted by Gasteiger charge is 2.36. The second-order valence-corrected chi connectivity index (χ2v) is 6.40. The molecule has 0 bridgehead atoms. The lowest BCUT2D eigenvalue weighted by molar-refractivity contribution is -0.916. The molecule has 0 spiro atoms. The molecule has 2 atom stereocenters. The first-order chi connectivity index (χ1) is 10.8. The summed E-state index contributed by atoms with van der Waals surface area (Å²) in [5.41, 5.74) is 0.907. The Hall–Kier alpha value is -2.07. The number of urea groups is 1. The van der Waals surface area contributed by atoms with Crippen LogP contribution in [-0.2, 0) is 0 Å². The second kappa shape index (κ2) is 5.61. The fraction of sp³-hybridized carbons (Fsp3) is 0.389. The maximum absolute atomic E-state index is 12.6. The van der Waals surface area contributed by atoms with Gasteiger partial charge in [0.05, 0.1) is 31.9 Å². The van der Waals surface area contributed by atoms with Crippen molar-refractivity contribution >= 4 is 22.5 Å². The van der Waals surface area contributed by atoms with Crippen LogP contribution in [0.2, 0.25) is 0 Å². The molecular formula is C18H22N3O+.